The molecule has 1 aromatic heterocycles. The first-order valence-electron chi connectivity index (χ1n) is 6.99. The fraction of sp³-hybridized carbons (Fsp3) is 0.714. The SMILES string of the molecule is CCCN(CC(C)CC)c1nc(CCS)cnc1Cl. The molecule has 19 heavy (non-hydrogen) atoms. The van der Waals surface area contributed by atoms with Gasteiger partial charge in [0.15, 0.2) is 11.0 Å². The zero-order chi connectivity index (χ0) is 14.3. The summed E-state index contributed by atoms with van der Waals surface area (Å²) >= 11 is 10.5. The van der Waals surface area contributed by atoms with Crippen LogP contribution in [0.4, 0.5) is 5.82 Å². The van der Waals surface area contributed by atoms with Crippen LogP contribution >= 0.6 is 24.2 Å². The number of rotatable bonds is 8. The first-order valence-corrected chi connectivity index (χ1v) is 8.00. The summed E-state index contributed by atoms with van der Waals surface area (Å²) in [6.45, 7) is 8.57. The maximum absolute atomic E-state index is 6.22. The van der Waals surface area contributed by atoms with Gasteiger partial charge in [0.1, 0.15) is 0 Å². The van der Waals surface area contributed by atoms with E-state index in [0.717, 1.165) is 49.6 Å². The first kappa shape index (κ1) is 16.6. The number of hydrogen-bond donors (Lipinski definition) is 1. The largest absolute Gasteiger partial charge is 0.354 e. The first-order chi connectivity index (χ1) is 9.12. The molecule has 0 spiro atoms. The minimum atomic E-state index is 0.500. The summed E-state index contributed by atoms with van der Waals surface area (Å²) in [6.07, 6.45) is 4.80. The Labute approximate surface area is 127 Å². The summed E-state index contributed by atoms with van der Waals surface area (Å²) in [4.78, 5) is 11.2. The van der Waals surface area contributed by atoms with Gasteiger partial charge in [-0.2, -0.15) is 12.6 Å². The van der Waals surface area contributed by atoms with Gasteiger partial charge in [0.05, 0.1) is 11.9 Å². The Hall–Kier alpha value is -0.480. The third-order valence-corrected chi connectivity index (χ3v) is 3.64. The van der Waals surface area contributed by atoms with Gasteiger partial charge in [-0.15, -0.1) is 0 Å². The van der Waals surface area contributed by atoms with Gasteiger partial charge in [-0.05, 0) is 18.1 Å². The van der Waals surface area contributed by atoms with Crippen molar-refractivity contribution in [2.24, 2.45) is 5.92 Å². The average Bonchev–Trinajstić information content (AvgIpc) is 2.40. The van der Waals surface area contributed by atoms with Crippen LogP contribution in [0.15, 0.2) is 6.20 Å². The van der Waals surface area contributed by atoms with Crippen molar-refractivity contribution in [3.8, 4) is 0 Å². The van der Waals surface area contributed by atoms with Crippen molar-refractivity contribution in [1.82, 2.24) is 9.97 Å². The molecule has 0 saturated heterocycles. The van der Waals surface area contributed by atoms with E-state index in [9.17, 15) is 0 Å². The smallest absolute Gasteiger partial charge is 0.171 e. The lowest BCUT2D eigenvalue weighted by molar-refractivity contribution is 0.538. The Balaban J connectivity index is 2.95. The molecule has 0 bridgehead atoms. The fourth-order valence-electron chi connectivity index (χ4n) is 1.90. The van der Waals surface area contributed by atoms with Crippen molar-refractivity contribution < 1.29 is 0 Å². The number of nitrogens with zero attached hydrogens (tertiary/aromatic N) is 3. The minimum absolute atomic E-state index is 0.500. The van der Waals surface area contributed by atoms with Gasteiger partial charge in [0, 0.05) is 19.5 Å². The van der Waals surface area contributed by atoms with Gasteiger partial charge in [0.2, 0.25) is 0 Å². The average molecular weight is 302 g/mol. The maximum atomic E-state index is 6.22. The van der Waals surface area contributed by atoms with Crippen LogP contribution in [0.1, 0.15) is 39.3 Å². The lowest BCUT2D eigenvalue weighted by Crippen LogP contribution is -2.30. The van der Waals surface area contributed by atoms with Gasteiger partial charge in [-0.25, -0.2) is 9.97 Å². The van der Waals surface area contributed by atoms with Crippen LogP contribution in [0, 0.1) is 5.92 Å². The molecule has 0 N–H and O–H groups in total. The highest BCUT2D eigenvalue weighted by Crippen LogP contribution is 2.23. The van der Waals surface area contributed by atoms with E-state index in [1.54, 1.807) is 6.20 Å². The Morgan fingerprint density at radius 2 is 2.16 bits per heavy atom. The molecule has 1 unspecified atom stereocenters. The number of halogens is 1. The number of aromatic nitrogens is 2. The minimum Gasteiger partial charge on any atom is -0.354 e. The molecule has 0 aliphatic rings. The zero-order valence-corrected chi connectivity index (χ0v) is 13.7. The van der Waals surface area contributed by atoms with E-state index < -0.39 is 0 Å². The van der Waals surface area contributed by atoms with Crippen molar-refractivity contribution in [3.05, 3.63) is 17.0 Å². The summed E-state index contributed by atoms with van der Waals surface area (Å²) in [5, 5.41) is 0.500. The molecular weight excluding hydrogens is 278 g/mol. The van der Waals surface area contributed by atoms with E-state index in [4.69, 9.17) is 11.6 Å². The molecule has 1 atom stereocenters. The topological polar surface area (TPSA) is 29.0 Å². The van der Waals surface area contributed by atoms with Crippen molar-refractivity contribution in [3.63, 3.8) is 0 Å². The third kappa shape index (κ3) is 5.19. The van der Waals surface area contributed by atoms with Crippen LogP contribution < -0.4 is 4.90 Å². The molecule has 0 aromatic carbocycles. The summed E-state index contributed by atoms with van der Waals surface area (Å²) < 4.78 is 0. The number of hydrogen-bond acceptors (Lipinski definition) is 4. The van der Waals surface area contributed by atoms with Gasteiger partial charge < -0.3 is 4.90 Å². The Kier molecular flexibility index (Phi) is 7.54. The van der Waals surface area contributed by atoms with Crippen LogP contribution in [-0.4, -0.2) is 28.8 Å². The van der Waals surface area contributed by atoms with Gasteiger partial charge >= 0.3 is 0 Å². The van der Waals surface area contributed by atoms with Crippen molar-refractivity contribution in [2.75, 3.05) is 23.7 Å². The summed E-state index contributed by atoms with van der Waals surface area (Å²) in [6, 6.07) is 0. The Morgan fingerprint density at radius 3 is 2.74 bits per heavy atom. The molecule has 1 aromatic rings. The molecule has 1 rings (SSSR count). The highest BCUT2D eigenvalue weighted by Gasteiger charge is 2.15. The summed E-state index contributed by atoms with van der Waals surface area (Å²) in [5.41, 5.74) is 0.958. The third-order valence-electron chi connectivity index (χ3n) is 3.15. The second-order valence-corrected chi connectivity index (χ2v) is 5.71. The van der Waals surface area contributed by atoms with Crippen molar-refractivity contribution >= 4 is 30.0 Å². The van der Waals surface area contributed by atoms with Gasteiger partial charge in [0.25, 0.3) is 0 Å². The van der Waals surface area contributed by atoms with E-state index >= 15 is 0 Å². The number of aryl methyl sites for hydroxylation is 1. The normalized spacial score (nSPS) is 12.5. The Morgan fingerprint density at radius 1 is 1.42 bits per heavy atom. The fourth-order valence-corrected chi connectivity index (χ4v) is 2.33. The highest BCUT2D eigenvalue weighted by atomic mass is 35.5. The second-order valence-electron chi connectivity index (χ2n) is 4.91. The molecule has 0 aliphatic carbocycles. The van der Waals surface area contributed by atoms with Gasteiger partial charge in [-0.1, -0.05) is 38.8 Å². The van der Waals surface area contributed by atoms with E-state index in [1.807, 2.05) is 0 Å². The molecule has 0 amide bonds. The standard InChI is InChI=1S/C14H24ClN3S/c1-4-7-18(10-11(3)5-2)14-13(15)16-9-12(17-14)6-8-19/h9,11,19H,4-8,10H2,1-3H3. The quantitative estimate of drug-likeness (QED) is 0.739. The second kappa shape index (κ2) is 8.64. The van der Waals surface area contributed by atoms with E-state index in [1.165, 1.54) is 0 Å². The summed E-state index contributed by atoms with van der Waals surface area (Å²) in [5.74, 6) is 2.22. The van der Waals surface area contributed by atoms with Gasteiger partial charge in [-0.3, -0.25) is 0 Å². The van der Waals surface area contributed by atoms with Crippen LogP contribution in [-0.2, 0) is 6.42 Å². The number of thiol groups is 1. The monoisotopic (exact) mass is 301 g/mol. The molecule has 3 nitrogen and oxygen atoms in total. The molecule has 0 radical (unpaired) electrons. The van der Waals surface area contributed by atoms with Crippen molar-refractivity contribution in [1.29, 1.82) is 0 Å². The molecular formula is C14H24ClN3S. The predicted molar refractivity (Wildman–Crippen MR) is 86.6 cm³/mol. The predicted octanol–water partition coefficient (Wildman–Crippen LogP) is 3.86. The van der Waals surface area contributed by atoms with E-state index in [0.29, 0.717) is 11.1 Å². The highest BCUT2D eigenvalue weighted by molar-refractivity contribution is 7.80. The lowest BCUT2D eigenvalue weighted by atomic mass is 10.1. The van der Waals surface area contributed by atoms with E-state index in [2.05, 4.69) is 48.3 Å². The molecule has 0 aliphatic heterocycles. The molecule has 1 heterocycles. The van der Waals surface area contributed by atoms with Crippen LogP contribution in [0.25, 0.3) is 0 Å². The summed E-state index contributed by atoms with van der Waals surface area (Å²) in [7, 11) is 0. The lowest BCUT2D eigenvalue weighted by Gasteiger charge is -2.26. The van der Waals surface area contributed by atoms with Crippen LogP contribution in [0.2, 0.25) is 5.15 Å². The molecule has 0 fully saturated rings. The Bertz CT molecular complexity index is 387. The van der Waals surface area contributed by atoms with E-state index in [-0.39, 0.29) is 0 Å². The molecule has 0 saturated carbocycles. The van der Waals surface area contributed by atoms with Crippen LogP contribution in [0.5, 0.6) is 0 Å². The maximum Gasteiger partial charge on any atom is 0.171 e. The van der Waals surface area contributed by atoms with Crippen LogP contribution in [0.3, 0.4) is 0 Å². The molecule has 5 heteroatoms. The number of anilines is 1. The zero-order valence-electron chi connectivity index (χ0n) is 12.1. The molecule has 108 valence electrons. The van der Waals surface area contributed by atoms with Crippen molar-refractivity contribution in [2.45, 2.75) is 40.0 Å².